The van der Waals surface area contributed by atoms with Gasteiger partial charge in [0.25, 0.3) is 0 Å². The molecule has 0 saturated heterocycles. The maximum atomic E-state index is 13.6. The van der Waals surface area contributed by atoms with Gasteiger partial charge in [0.2, 0.25) is 0 Å². The Bertz CT molecular complexity index is 1130. The Kier molecular flexibility index (Phi) is 8.80. The second kappa shape index (κ2) is 11.2. The summed E-state index contributed by atoms with van der Waals surface area (Å²) in [7, 11) is 1.40. The summed E-state index contributed by atoms with van der Waals surface area (Å²) < 4.78 is 11.0. The van der Waals surface area contributed by atoms with Crippen LogP contribution in [-0.4, -0.2) is 30.9 Å². The first kappa shape index (κ1) is 29.9. The molecule has 0 aromatic rings. The highest BCUT2D eigenvalue weighted by molar-refractivity contribution is 6.01. The lowest BCUT2D eigenvalue weighted by Crippen LogP contribution is -2.62. The average Bonchev–Trinajstić information content (AvgIpc) is 3.11. The summed E-state index contributed by atoms with van der Waals surface area (Å²) in [5, 5.41) is 0. The van der Waals surface area contributed by atoms with Crippen LogP contribution in [0, 0.1) is 28.1 Å². The van der Waals surface area contributed by atoms with Gasteiger partial charge in [0.15, 0.2) is 5.78 Å². The zero-order valence-electron chi connectivity index (χ0n) is 24.8. The minimum atomic E-state index is -0.944. The van der Waals surface area contributed by atoms with Gasteiger partial charge >= 0.3 is 11.9 Å². The zero-order valence-corrected chi connectivity index (χ0v) is 24.8. The van der Waals surface area contributed by atoms with Crippen LogP contribution in [-0.2, 0) is 23.9 Å². The minimum absolute atomic E-state index is 0.0419. The van der Waals surface area contributed by atoms with Crippen molar-refractivity contribution in [1.29, 1.82) is 0 Å². The lowest BCUT2D eigenvalue weighted by atomic mass is 9.42. The second-order valence-electron chi connectivity index (χ2n) is 12.5. The number of ether oxygens (including phenoxy) is 2. The summed E-state index contributed by atoms with van der Waals surface area (Å²) in [6, 6.07) is 0. The van der Waals surface area contributed by atoms with Gasteiger partial charge in [-0.15, -0.1) is 0 Å². The minimum Gasteiger partial charge on any atom is -0.468 e. The summed E-state index contributed by atoms with van der Waals surface area (Å²) in [6.45, 7) is 16.0. The maximum absolute atomic E-state index is 13.6. The van der Waals surface area contributed by atoms with Crippen LogP contribution < -0.4 is 0 Å². The lowest BCUT2D eigenvalue weighted by Gasteiger charge is -2.61. The van der Waals surface area contributed by atoms with E-state index in [-0.39, 0.29) is 40.4 Å². The molecule has 0 aromatic heterocycles. The van der Waals surface area contributed by atoms with E-state index in [9.17, 15) is 14.4 Å². The zero-order chi connectivity index (χ0) is 28.5. The summed E-state index contributed by atoms with van der Waals surface area (Å²) in [5.41, 5.74) is 2.89. The Morgan fingerprint density at radius 2 is 1.55 bits per heavy atom. The number of hydrogen-bond acceptors (Lipinski definition) is 5. The SMILES string of the molecule is COC(=O)C1(C)C(OC(C)=O)CCC2(C)C3CC(=O)C(=C(C)C=CC=C(C)C=CC=C(C)C)C3(C)CCC21. The predicted molar refractivity (Wildman–Crippen MR) is 151 cm³/mol. The molecule has 0 bridgehead atoms. The van der Waals surface area contributed by atoms with Crippen molar-refractivity contribution in [3.8, 4) is 0 Å². The molecule has 0 aliphatic heterocycles. The van der Waals surface area contributed by atoms with E-state index in [0.29, 0.717) is 12.8 Å². The standard InChI is InChI=1S/C33H46O5/c1-21(2)12-10-13-22(3)14-11-15-23(4)29-25(35)20-27-31(6)19-17-28(38-24(5)34)33(8,30(36)37-9)26(31)16-18-32(27,29)7/h10-15,26-28H,16-20H2,1-9H3. The Morgan fingerprint density at radius 1 is 0.895 bits per heavy atom. The van der Waals surface area contributed by atoms with Crippen LogP contribution in [0.2, 0.25) is 0 Å². The van der Waals surface area contributed by atoms with E-state index in [2.05, 4.69) is 58.9 Å². The topological polar surface area (TPSA) is 69.7 Å². The monoisotopic (exact) mass is 522 g/mol. The number of carbonyl (C=O) groups excluding carboxylic acids is 3. The van der Waals surface area contributed by atoms with Gasteiger partial charge in [0.05, 0.1) is 7.11 Å². The van der Waals surface area contributed by atoms with Crippen molar-refractivity contribution in [3.05, 3.63) is 58.7 Å². The smallest absolute Gasteiger partial charge is 0.315 e. The first-order valence-corrected chi connectivity index (χ1v) is 13.9. The fraction of sp³-hybridized carbons (Fsp3) is 0.606. The molecule has 0 spiro atoms. The Labute approximate surface area is 229 Å². The third-order valence-corrected chi connectivity index (χ3v) is 9.71. The molecule has 208 valence electrons. The highest BCUT2D eigenvalue weighted by atomic mass is 16.6. The number of esters is 2. The van der Waals surface area contributed by atoms with Crippen molar-refractivity contribution in [3.63, 3.8) is 0 Å². The molecule has 0 aromatic carbocycles. The number of fused-ring (bicyclic) bond motifs is 3. The molecule has 3 fully saturated rings. The molecule has 0 amide bonds. The van der Waals surface area contributed by atoms with Crippen molar-refractivity contribution in [2.45, 2.75) is 93.6 Å². The van der Waals surface area contributed by atoms with Gasteiger partial charge < -0.3 is 9.47 Å². The highest BCUT2D eigenvalue weighted by Gasteiger charge is 2.68. The van der Waals surface area contributed by atoms with Gasteiger partial charge in [-0.2, -0.15) is 0 Å². The van der Waals surface area contributed by atoms with Crippen molar-refractivity contribution >= 4 is 17.7 Å². The summed E-state index contributed by atoms with van der Waals surface area (Å²) >= 11 is 0. The van der Waals surface area contributed by atoms with Crippen LogP contribution in [0.5, 0.6) is 0 Å². The summed E-state index contributed by atoms with van der Waals surface area (Å²) in [6.07, 6.45) is 15.3. The van der Waals surface area contributed by atoms with E-state index >= 15 is 0 Å². The van der Waals surface area contributed by atoms with Crippen molar-refractivity contribution < 1.29 is 23.9 Å². The third-order valence-electron chi connectivity index (χ3n) is 9.71. The normalized spacial score (nSPS) is 36.6. The molecule has 0 N–H and O–H groups in total. The first-order chi connectivity index (χ1) is 17.7. The van der Waals surface area contributed by atoms with E-state index < -0.39 is 11.5 Å². The third kappa shape index (κ3) is 5.26. The van der Waals surface area contributed by atoms with E-state index in [1.54, 1.807) is 0 Å². The first-order valence-electron chi connectivity index (χ1n) is 13.9. The van der Waals surface area contributed by atoms with Gasteiger partial charge in [-0.25, -0.2) is 0 Å². The van der Waals surface area contributed by atoms with Gasteiger partial charge in [-0.3, -0.25) is 14.4 Å². The molecule has 0 radical (unpaired) electrons. The number of hydrogen-bond donors (Lipinski definition) is 0. The number of allylic oxidation sites excluding steroid dienone is 10. The Balaban J connectivity index is 1.96. The second-order valence-corrected chi connectivity index (χ2v) is 12.5. The van der Waals surface area contributed by atoms with E-state index in [4.69, 9.17) is 9.47 Å². The van der Waals surface area contributed by atoms with E-state index in [1.807, 2.05) is 26.0 Å². The van der Waals surface area contributed by atoms with E-state index in [0.717, 1.165) is 36.0 Å². The van der Waals surface area contributed by atoms with Crippen molar-refractivity contribution in [1.82, 2.24) is 0 Å². The van der Waals surface area contributed by atoms with Crippen LogP contribution >= 0.6 is 0 Å². The number of Topliss-reactive ketones (excluding diaryl/α,β-unsaturated/α-hetero) is 1. The predicted octanol–water partition coefficient (Wildman–Crippen LogP) is 7.24. The molecular formula is C33H46O5. The number of methoxy groups -OCH3 is 1. The molecule has 0 heterocycles. The summed E-state index contributed by atoms with van der Waals surface area (Å²) in [4.78, 5) is 38.7. The van der Waals surface area contributed by atoms with Crippen molar-refractivity contribution in [2.24, 2.45) is 28.1 Å². The largest absolute Gasteiger partial charge is 0.468 e. The highest BCUT2D eigenvalue weighted by Crippen LogP contribution is 2.69. The molecule has 3 saturated carbocycles. The molecule has 5 nitrogen and oxygen atoms in total. The van der Waals surface area contributed by atoms with Gasteiger partial charge in [0.1, 0.15) is 11.5 Å². The molecule has 6 unspecified atom stereocenters. The Morgan fingerprint density at radius 3 is 2.16 bits per heavy atom. The molecule has 3 aliphatic carbocycles. The quantitative estimate of drug-likeness (QED) is 0.209. The van der Waals surface area contributed by atoms with Crippen molar-refractivity contribution in [2.75, 3.05) is 7.11 Å². The summed E-state index contributed by atoms with van der Waals surface area (Å²) in [5.74, 6) is -0.420. The van der Waals surface area contributed by atoms with Crippen LogP contribution in [0.25, 0.3) is 0 Å². The van der Waals surface area contributed by atoms with Gasteiger partial charge in [-0.1, -0.05) is 61.4 Å². The van der Waals surface area contributed by atoms with Crippen LogP contribution in [0.1, 0.15) is 87.5 Å². The van der Waals surface area contributed by atoms with Gasteiger partial charge in [-0.05, 0) is 83.1 Å². The number of carbonyl (C=O) groups is 3. The molecule has 38 heavy (non-hydrogen) atoms. The number of rotatable bonds is 6. The van der Waals surface area contributed by atoms with Crippen LogP contribution in [0.3, 0.4) is 0 Å². The molecular weight excluding hydrogens is 476 g/mol. The fourth-order valence-corrected chi connectivity index (χ4v) is 8.00. The molecule has 6 atom stereocenters. The molecule has 3 rings (SSSR count). The molecule has 3 aliphatic rings. The fourth-order valence-electron chi connectivity index (χ4n) is 8.00. The lowest BCUT2D eigenvalue weighted by molar-refractivity contribution is -0.206. The molecule has 5 heteroatoms. The Hall–Kier alpha value is -2.69. The number of ketones is 1. The van der Waals surface area contributed by atoms with Crippen LogP contribution in [0.4, 0.5) is 0 Å². The van der Waals surface area contributed by atoms with Gasteiger partial charge in [0, 0.05) is 24.3 Å². The van der Waals surface area contributed by atoms with Crippen LogP contribution in [0.15, 0.2) is 58.7 Å². The maximum Gasteiger partial charge on any atom is 0.315 e. The van der Waals surface area contributed by atoms with E-state index in [1.165, 1.54) is 19.6 Å². The average molecular weight is 523 g/mol.